The van der Waals surface area contributed by atoms with Gasteiger partial charge in [0, 0.05) is 31.5 Å². The number of aliphatic hydroxyl groups is 1. The number of aromatic hydroxyl groups is 1. The number of amides is 1. The van der Waals surface area contributed by atoms with E-state index in [1.807, 2.05) is 17.0 Å². The van der Waals surface area contributed by atoms with Gasteiger partial charge < -0.3 is 19.8 Å². The molecule has 1 saturated heterocycles. The molecule has 1 aromatic rings. The van der Waals surface area contributed by atoms with E-state index in [-0.39, 0.29) is 34.5 Å². The first-order valence-corrected chi connectivity index (χ1v) is 12.7. The van der Waals surface area contributed by atoms with Crippen LogP contribution in [0.3, 0.4) is 0 Å². The summed E-state index contributed by atoms with van der Waals surface area (Å²) < 4.78 is 6.21. The van der Waals surface area contributed by atoms with Crippen LogP contribution in [0.5, 0.6) is 11.5 Å². The number of hydrogen-bond donors (Lipinski definition) is 2. The van der Waals surface area contributed by atoms with Crippen LogP contribution >= 0.6 is 0 Å². The Balaban J connectivity index is 1.39. The maximum absolute atomic E-state index is 12.3. The van der Waals surface area contributed by atoms with Crippen LogP contribution in [0.2, 0.25) is 0 Å². The summed E-state index contributed by atoms with van der Waals surface area (Å²) >= 11 is 0. The molecule has 0 bridgehead atoms. The molecule has 2 saturated carbocycles. The number of phenolic OH excluding ortho intramolecular Hbond substituents is 1. The Morgan fingerprint density at radius 1 is 1.21 bits per heavy atom. The summed E-state index contributed by atoms with van der Waals surface area (Å²) in [6, 6.07) is 5.45. The van der Waals surface area contributed by atoms with Gasteiger partial charge in [0.25, 0.3) is 0 Å². The Morgan fingerprint density at radius 3 is 2.64 bits per heavy atom. The summed E-state index contributed by atoms with van der Waals surface area (Å²) in [5.74, 6) is 1.66. The number of aryl methyl sites for hydroxylation is 1. The van der Waals surface area contributed by atoms with E-state index < -0.39 is 0 Å². The molecule has 182 valence electrons. The van der Waals surface area contributed by atoms with Crippen molar-refractivity contribution in [1.82, 2.24) is 4.90 Å². The van der Waals surface area contributed by atoms with Crippen LogP contribution in [0, 0.1) is 22.7 Å². The third-order valence-electron chi connectivity index (χ3n) is 9.09. The zero-order valence-electron chi connectivity index (χ0n) is 20.6. The molecule has 2 N–H and O–H groups in total. The van der Waals surface area contributed by atoms with Crippen molar-refractivity contribution in [3.05, 3.63) is 35.9 Å². The molecule has 4 rings (SSSR count). The molecule has 0 radical (unpaired) electrons. The van der Waals surface area contributed by atoms with Gasteiger partial charge in [-0.25, -0.2) is 0 Å². The van der Waals surface area contributed by atoms with Crippen molar-refractivity contribution in [3.63, 3.8) is 0 Å². The lowest BCUT2D eigenvalue weighted by atomic mass is 9.47. The minimum absolute atomic E-state index is 0.0516. The molecule has 3 fully saturated rings. The molecule has 5 heteroatoms. The lowest BCUT2D eigenvalue weighted by Gasteiger charge is -2.59. The van der Waals surface area contributed by atoms with Crippen molar-refractivity contribution in [2.45, 2.75) is 78.2 Å². The number of fused-ring (bicyclic) bond motifs is 1. The van der Waals surface area contributed by atoms with Crippen LogP contribution in [-0.2, 0) is 11.2 Å². The normalized spacial score (nSPS) is 31.3. The number of hydrogen-bond acceptors (Lipinski definition) is 4. The molecule has 0 spiro atoms. The Bertz CT molecular complexity index is 888. The Kier molecular flexibility index (Phi) is 6.82. The van der Waals surface area contributed by atoms with Gasteiger partial charge in [-0.1, -0.05) is 39.0 Å². The van der Waals surface area contributed by atoms with Gasteiger partial charge in [-0.05, 0) is 73.3 Å². The zero-order valence-corrected chi connectivity index (χ0v) is 20.6. The molecule has 1 heterocycles. The van der Waals surface area contributed by atoms with Gasteiger partial charge in [0.1, 0.15) is 11.5 Å². The summed E-state index contributed by atoms with van der Waals surface area (Å²) in [7, 11) is 0. The van der Waals surface area contributed by atoms with E-state index in [0.29, 0.717) is 31.1 Å². The summed E-state index contributed by atoms with van der Waals surface area (Å²) in [5, 5.41) is 21.2. The summed E-state index contributed by atoms with van der Waals surface area (Å²) in [6.07, 6.45) is 6.73. The SMILES string of the molecule is C=C1CCC2C(C)(C)C(O)CCC2(C)C1COc1ccc(CCC(=O)N2CCCC2)c(O)c1. The molecular weight excluding hydrogens is 414 g/mol. The number of rotatable bonds is 6. The number of aliphatic hydroxyl groups excluding tert-OH is 1. The number of nitrogens with zero attached hydrogens (tertiary/aromatic N) is 1. The highest BCUT2D eigenvalue weighted by Crippen LogP contribution is 2.60. The number of likely N-dealkylation sites (tertiary alicyclic amines) is 1. The fraction of sp³-hybridized carbons (Fsp3) is 0.679. The highest BCUT2D eigenvalue weighted by atomic mass is 16.5. The molecule has 3 aliphatic rings. The second kappa shape index (κ2) is 9.32. The first-order valence-electron chi connectivity index (χ1n) is 12.7. The number of carbonyl (C=O) groups is 1. The van der Waals surface area contributed by atoms with Gasteiger partial charge in [0.15, 0.2) is 0 Å². The fourth-order valence-electron chi connectivity index (χ4n) is 6.86. The van der Waals surface area contributed by atoms with E-state index in [1.54, 1.807) is 6.07 Å². The van der Waals surface area contributed by atoms with Crippen LogP contribution in [0.15, 0.2) is 30.4 Å². The fourth-order valence-corrected chi connectivity index (χ4v) is 6.86. The lowest BCUT2D eigenvalue weighted by Crippen LogP contribution is -2.55. The number of benzene rings is 1. The Labute approximate surface area is 198 Å². The minimum atomic E-state index is -0.259. The second-order valence-electron chi connectivity index (χ2n) is 11.4. The van der Waals surface area contributed by atoms with Crippen LogP contribution in [0.1, 0.15) is 71.3 Å². The first-order chi connectivity index (χ1) is 15.6. The molecule has 0 aromatic heterocycles. The molecule has 33 heavy (non-hydrogen) atoms. The maximum atomic E-state index is 12.3. The van der Waals surface area contributed by atoms with E-state index >= 15 is 0 Å². The van der Waals surface area contributed by atoms with Crippen molar-refractivity contribution in [3.8, 4) is 11.5 Å². The van der Waals surface area contributed by atoms with E-state index in [2.05, 4.69) is 27.4 Å². The van der Waals surface area contributed by atoms with Gasteiger partial charge in [-0.2, -0.15) is 0 Å². The molecule has 1 aliphatic heterocycles. The average Bonchev–Trinajstić information content (AvgIpc) is 3.30. The highest BCUT2D eigenvalue weighted by Gasteiger charge is 2.56. The van der Waals surface area contributed by atoms with Crippen LogP contribution in [0.25, 0.3) is 0 Å². The third kappa shape index (κ3) is 4.66. The van der Waals surface area contributed by atoms with Crippen molar-refractivity contribution >= 4 is 5.91 Å². The number of ether oxygens (including phenoxy) is 1. The molecular formula is C28H41NO4. The summed E-state index contributed by atoms with van der Waals surface area (Å²) in [4.78, 5) is 14.2. The van der Waals surface area contributed by atoms with E-state index in [9.17, 15) is 15.0 Å². The van der Waals surface area contributed by atoms with E-state index in [0.717, 1.165) is 57.2 Å². The second-order valence-corrected chi connectivity index (χ2v) is 11.4. The maximum Gasteiger partial charge on any atom is 0.222 e. The quantitative estimate of drug-likeness (QED) is 0.586. The molecule has 4 unspecified atom stereocenters. The van der Waals surface area contributed by atoms with Crippen molar-refractivity contribution in [1.29, 1.82) is 0 Å². The predicted molar refractivity (Wildman–Crippen MR) is 130 cm³/mol. The highest BCUT2D eigenvalue weighted by molar-refractivity contribution is 5.76. The van der Waals surface area contributed by atoms with Gasteiger partial charge in [-0.15, -0.1) is 0 Å². The van der Waals surface area contributed by atoms with Crippen molar-refractivity contribution < 1.29 is 19.7 Å². The van der Waals surface area contributed by atoms with Gasteiger partial charge >= 0.3 is 0 Å². The van der Waals surface area contributed by atoms with Gasteiger partial charge in [0.05, 0.1) is 12.7 Å². The van der Waals surface area contributed by atoms with Crippen molar-refractivity contribution in [2.24, 2.45) is 22.7 Å². The average molecular weight is 456 g/mol. The number of carbonyl (C=O) groups excluding carboxylic acids is 1. The Hall–Kier alpha value is -2.01. The first kappa shape index (κ1) is 24.1. The van der Waals surface area contributed by atoms with Crippen LogP contribution in [0.4, 0.5) is 0 Å². The van der Waals surface area contributed by atoms with Crippen molar-refractivity contribution in [2.75, 3.05) is 19.7 Å². The third-order valence-corrected chi connectivity index (χ3v) is 9.09. The molecule has 5 nitrogen and oxygen atoms in total. The summed E-state index contributed by atoms with van der Waals surface area (Å²) in [5.41, 5.74) is 1.96. The topological polar surface area (TPSA) is 70.0 Å². The van der Waals surface area contributed by atoms with Crippen LogP contribution in [-0.4, -0.2) is 46.8 Å². The minimum Gasteiger partial charge on any atom is -0.508 e. The zero-order chi connectivity index (χ0) is 23.8. The monoisotopic (exact) mass is 455 g/mol. The van der Waals surface area contributed by atoms with E-state index in [4.69, 9.17) is 4.74 Å². The van der Waals surface area contributed by atoms with Gasteiger partial charge in [-0.3, -0.25) is 4.79 Å². The molecule has 4 atom stereocenters. The van der Waals surface area contributed by atoms with Crippen LogP contribution < -0.4 is 4.74 Å². The molecule has 1 aromatic carbocycles. The summed E-state index contributed by atoms with van der Waals surface area (Å²) in [6.45, 7) is 13.4. The molecule has 1 amide bonds. The predicted octanol–water partition coefficient (Wildman–Crippen LogP) is 5.10. The largest absolute Gasteiger partial charge is 0.508 e. The van der Waals surface area contributed by atoms with Gasteiger partial charge in [0.2, 0.25) is 5.91 Å². The lowest BCUT2D eigenvalue weighted by molar-refractivity contribution is -0.130. The Morgan fingerprint density at radius 2 is 1.94 bits per heavy atom. The standard InChI is InChI=1S/C28H41NO4/c1-19-7-11-24-27(2,3)25(31)13-14-28(24,4)22(19)18-33-21-10-8-20(23(30)17-21)9-12-26(32)29-15-5-6-16-29/h8,10,17,22,24-25,30-31H,1,5-7,9,11-16,18H2,2-4H3. The van der Waals surface area contributed by atoms with E-state index in [1.165, 1.54) is 5.57 Å². The number of phenols is 1. The smallest absolute Gasteiger partial charge is 0.222 e. The molecule has 2 aliphatic carbocycles.